The number of rotatable bonds is 4. The molecule has 0 radical (unpaired) electrons. The fraction of sp³-hybridized carbons (Fsp3) is 0.375. The van der Waals surface area contributed by atoms with E-state index in [4.69, 9.17) is 14.6 Å². The number of fused-ring (bicyclic) bond motifs is 1. The van der Waals surface area contributed by atoms with Crippen LogP contribution in [0.25, 0.3) is 0 Å². The summed E-state index contributed by atoms with van der Waals surface area (Å²) in [7, 11) is 2.87. The van der Waals surface area contributed by atoms with Crippen LogP contribution in [0, 0.1) is 17.6 Å². The van der Waals surface area contributed by atoms with Crippen molar-refractivity contribution >= 4 is 28.7 Å². The molecule has 2 heterocycles. The van der Waals surface area contributed by atoms with Crippen LogP contribution in [0.1, 0.15) is 29.3 Å². The third-order valence-corrected chi connectivity index (χ3v) is 7.38. The molecule has 1 N–H and O–H groups in total. The summed E-state index contributed by atoms with van der Waals surface area (Å²) in [6.07, 6.45) is -0.550. The number of hydroxylamine groups is 2. The number of amides is 2. The molecule has 0 aromatic heterocycles. The van der Waals surface area contributed by atoms with E-state index in [1.807, 2.05) is 6.92 Å². The first kappa shape index (κ1) is 24.3. The quantitative estimate of drug-likeness (QED) is 0.665. The summed E-state index contributed by atoms with van der Waals surface area (Å²) in [5.41, 5.74) is -0.635. The second-order valence-corrected chi connectivity index (χ2v) is 9.63. The molecule has 7 nitrogen and oxygen atoms in total. The van der Waals surface area contributed by atoms with Crippen molar-refractivity contribution in [2.24, 2.45) is 10.9 Å². The molecule has 180 valence electrons. The number of nitrogens with zero attached hydrogens (tertiary/aromatic N) is 2. The SMILES string of the molecule is CON(C)C(=O)[C@H]1C[C@H]2C(C)SC(NC(=O)c3ccccc3)=N[C@@]2(c2ccc(F)cc2F)CO1. The number of hydrogen-bond acceptors (Lipinski definition) is 6. The lowest BCUT2D eigenvalue weighted by Crippen LogP contribution is -2.56. The lowest BCUT2D eigenvalue weighted by molar-refractivity contribution is -0.188. The van der Waals surface area contributed by atoms with Gasteiger partial charge in [0.2, 0.25) is 0 Å². The Morgan fingerprint density at radius 2 is 1.97 bits per heavy atom. The zero-order valence-electron chi connectivity index (χ0n) is 19.0. The number of likely N-dealkylation sites (N-methyl/N-ethyl adjacent to an activating group) is 1. The lowest BCUT2D eigenvalue weighted by Gasteiger charge is -2.49. The van der Waals surface area contributed by atoms with Crippen molar-refractivity contribution in [3.63, 3.8) is 0 Å². The Morgan fingerprint density at radius 3 is 2.65 bits per heavy atom. The van der Waals surface area contributed by atoms with Gasteiger partial charge in [0, 0.05) is 35.4 Å². The number of ether oxygens (including phenoxy) is 1. The highest BCUT2D eigenvalue weighted by Crippen LogP contribution is 2.50. The van der Waals surface area contributed by atoms with Crippen molar-refractivity contribution in [3.8, 4) is 0 Å². The highest BCUT2D eigenvalue weighted by molar-refractivity contribution is 8.14. The van der Waals surface area contributed by atoms with Crippen LogP contribution in [0.15, 0.2) is 53.5 Å². The standard InChI is InChI=1S/C24H25F2N3O4S/c1-14-18-12-20(22(31)29(2)32-3)33-13-24(18,17-10-9-16(25)11-19(17)26)28-23(34-14)27-21(30)15-7-5-4-6-8-15/h4-11,14,18,20H,12-13H2,1-3H3,(H,27,28,30)/t14?,18-,20+,24+/m0/s1. The molecule has 2 aromatic rings. The van der Waals surface area contributed by atoms with Gasteiger partial charge in [0.1, 0.15) is 23.3 Å². The predicted octanol–water partition coefficient (Wildman–Crippen LogP) is 3.51. The van der Waals surface area contributed by atoms with E-state index in [0.717, 1.165) is 11.1 Å². The van der Waals surface area contributed by atoms with Gasteiger partial charge in [-0.3, -0.25) is 14.4 Å². The molecule has 0 aliphatic carbocycles. The van der Waals surface area contributed by atoms with E-state index in [2.05, 4.69) is 5.32 Å². The maximum atomic E-state index is 15.1. The van der Waals surface area contributed by atoms with Gasteiger partial charge in [-0.15, -0.1) is 0 Å². The number of nitrogens with one attached hydrogen (secondary N) is 1. The highest BCUT2D eigenvalue weighted by Gasteiger charge is 2.53. The Kier molecular flexibility index (Phi) is 7.01. The normalized spacial score (nSPS) is 26.3. The van der Waals surface area contributed by atoms with Crippen LogP contribution >= 0.6 is 11.8 Å². The van der Waals surface area contributed by atoms with Crippen molar-refractivity contribution in [3.05, 3.63) is 71.3 Å². The first-order valence-corrected chi connectivity index (χ1v) is 11.6. The summed E-state index contributed by atoms with van der Waals surface area (Å²) in [6.45, 7) is 1.81. The summed E-state index contributed by atoms with van der Waals surface area (Å²) in [5.74, 6) is -2.51. The zero-order valence-corrected chi connectivity index (χ0v) is 19.8. The fourth-order valence-corrected chi connectivity index (χ4v) is 5.67. The molecule has 1 fully saturated rings. The Balaban J connectivity index is 1.73. The Labute approximate surface area is 200 Å². The summed E-state index contributed by atoms with van der Waals surface area (Å²) < 4.78 is 34.7. The first-order chi connectivity index (χ1) is 16.2. The van der Waals surface area contributed by atoms with E-state index in [9.17, 15) is 14.0 Å². The second kappa shape index (κ2) is 9.81. The van der Waals surface area contributed by atoms with Crippen molar-refractivity contribution in [2.45, 2.75) is 30.2 Å². The van der Waals surface area contributed by atoms with E-state index in [1.165, 1.54) is 38.1 Å². The van der Waals surface area contributed by atoms with Crippen LogP contribution in [0.2, 0.25) is 0 Å². The fourth-order valence-electron chi connectivity index (χ4n) is 4.45. The number of halogens is 2. The molecule has 0 bridgehead atoms. The molecular weight excluding hydrogens is 464 g/mol. The van der Waals surface area contributed by atoms with Gasteiger partial charge in [0.25, 0.3) is 11.8 Å². The van der Waals surface area contributed by atoms with Crippen LogP contribution in [0.3, 0.4) is 0 Å². The number of thioether (sulfide) groups is 1. The molecule has 4 rings (SSSR count). The molecule has 2 aromatic carbocycles. The molecule has 2 aliphatic heterocycles. The predicted molar refractivity (Wildman–Crippen MR) is 124 cm³/mol. The number of aliphatic imine (C=N–C) groups is 1. The third-order valence-electron chi connectivity index (χ3n) is 6.26. The number of hydrogen-bond donors (Lipinski definition) is 1. The smallest absolute Gasteiger partial charge is 0.274 e. The average Bonchev–Trinajstić information content (AvgIpc) is 2.83. The maximum Gasteiger partial charge on any atom is 0.274 e. The molecule has 10 heteroatoms. The van der Waals surface area contributed by atoms with E-state index >= 15 is 4.39 Å². The van der Waals surface area contributed by atoms with E-state index in [0.29, 0.717) is 10.7 Å². The number of carbonyl (C=O) groups excluding carboxylic acids is 2. The molecule has 0 spiro atoms. The van der Waals surface area contributed by atoms with Gasteiger partial charge >= 0.3 is 0 Å². The Hall–Kier alpha value is -2.82. The lowest BCUT2D eigenvalue weighted by atomic mass is 9.72. The number of amidine groups is 1. The van der Waals surface area contributed by atoms with E-state index < -0.39 is 23.3 Å². The van der Waals surface area contributed by atoms with Gasteiger partial charge in [-0.2, -0.15) is 0 Å². The van der Waals surface area contributed by atoms with Crippen LogP contribution in [-0.2, 0) is 19.9 Å². The van der Waals surface area contributed by atoms with E-state index in [1.54, 1.807) is 30.3 Å². The first-order valence-electron chi connectivity index (χ1n) is 10.8. The van der Waals surface area contributed by atoms with Crippen molar-refractivity contribution in [2.75, 3.05) is 20.8 Å². The van der Waals surface area contributed by atoms with Gasteiger partial charge in [0.15, 0.2) is 5.17 Å². The topological polar surface area (TPSA) is 80.2 Å². The van der Waals surface area contributed by atoms with Crippen molar-refractivity contribution in [1.82, 2.24) is 10.4 Å². The zero-order chi connectivity index (χ0) is 24.5. The second-order valence-electron chi connectivity index (χ2n) is 8.27. The Morgan fingerprint density at radius 1 is 1.24 bits per heavy atom. The molecule has 0 saturated carbocycles. The molecule has 2 aliphatic rings. The number of carbonyl (C=O) groups is 2. The van der Waals surface area contributed by atoms with Crippen molar-refractivity contribution < 1.29 is 27.9 Å². The van der Waals surface area contributed by atoms with Crippen LogP contribution in [-0.4, -0.2) is 54.2 Å². The minimum absolute atomic E-state index is 0.121. The van der Waals surface area contributed by atoms with Gasteiger partial charge in [-0.1, -0.05) is 43.0 Å². The number of benzene rings is 2. The molecule has 34 heavy (non-hydrogen) atoms. The monoisotopic (exact) mass is 489 g/mol. The van der Waals surface area contributed by atoms with Gasteiger partial charge in [-0.05, 0) is 24.6 Å². The van der Waals surface area contributed by atoms with E-state index in [-0.39, 0.29) is 41.6 Å². The summed E-state index contributed by atoms with van der Waals surface area (Å²) in [4.78, 5) is 35.2. The highest BCUT2D eigenvalue weighted by atomic mass is 32.2. The summed E-state index contributed by atoms with van der Waals surface area (Å²) in [5, 5.41) is 4.04. The minimum Gasteiger partial charge on any atom is -0.365 e. The molecular formula is C24H25F2N3O4S. The van der Waals surface area contributed by atoms with Crippen LogP contribution in [0.4, 0.5) is 8.78 Å². The summed E-state index contributed by atoms with van der Waals surface area (Å²) in [6, 6.07) is 12.0. The van der Waals surface area contributed by atoms with Crippen LogP contribution in [0.5, 0.6) is 0 Å². The van der Waals surface area contributed by atoms with Crippen molar-refractivity contribution in [1.29, 1.82) is 0 Å². The third kappa shape index (κ3) is 4.57. The average molecular weight is 490 g/mol. The largest absolute Gasteiger partial charge is 0.365 e. The van der Waals surface area contributed by atoms with Crippen LogP contribution < -0.4 is 5.32 Å². The van der Waals surface area contributed by atoms with Gasteiger partial charge in [0.05, 0.1) is 13.7 Å². The molecule has 1 saturated heterocycles. The Bertz CT molecular complexity index is 1120. The minimum atomic E-state index is -1.25. The molecule has 4 atom stereocenters. The van der Waals surface area contributed by atoms with Gasteiger partial charge in [-0.25, -0.2) is 18.8 Å². The summed E-state index contributed by atoms with van der Waals surface area (Å²) >= 11 is 1.33. The molecule has 2 amide bonds. The maximum absolute atomic E-state index is 15.1. The van der Waals surface area contributed by atoms with Gasteiger partial charge < -0.3 is 10.1 Å². The molecule has 1 unspecified atom stereocenters.